The quantitative estimate of drug-likeness (QED) is 0.387. The first-order chi connectivity index (χ1) is 19.2. The normalized spacial score (nSPS) is 17.1. The van der Waals surface area contributed by atoms with Crippen LogP contribution in [0.3, 0.4) is 0 Å². The first kappa shape index (κ1) is 26.9. The van der Waals surface area contributed by atoms with Crippen molar-refractivity contribution in [3.63, 3.8) is 0 Å². The molecule has 3 aromatic rings. The van der Waals surface area contributed by atoms with Crippen molar-refractivity contribution in [1.29, 1.82) is 0 Å². The number of alkyl halides is 3. The Morgan fingerprint density at radius 1 is 1.02 bits per heavy atom. The van der Waals surface area contributed by atoms with E-state index >= 15 is 0 Å². The number of rotatable bonds is 5. The molecule has 1 atom stereocenters. The van der Waals surface area contributed by atoms with Crippen molar-refractivity contribution in [1.82, 2.24) is 4.90 Å². The number of piperazine rings is 1. The Kier molecular flexibility index (Phi) is 7.26. The van der Waals surface area contributed by atoms with Crippen molar-refractivity contribution < 1.29 is 27.8 Å². The molecule has 0 saturated carbocycles. The minimum Gasteiger partial charge on any atom is -0.497 e. The molecule has 1 fully saturated rings. The van der Waals surface area contributed by atoms with Crippen molar-refractivity contribution >= 4 is 34.7 Å². The SMILES string of the molecule is [C-]#[N+]c1ccc2c(c1)C(CC(=O)O)N(c1cccc(C(F)(F)F)c1)C(N1CCN(c3cccc(OC)c3)CC1)=N2. The monoisotopic (exact) mass is 549 g/mol. The lowest BCUT2D eigenvalue weighted by atomic mass is 9.96. The highest BCUT2D eigenvalue weighted by atomic mass is 19.4. The zero-order valence-corrected chi connectivity index (χ0v) is 21.6. The molecule has 8 nitrogen and oxygen atoms in total. The minimum atomic E-state index is -4.58. The standard InChI is InChI=1S/C29H26F3N5O3/c1-33-20-9-10-25-24(16-20)26(18-27(38)39)37(22-7-3-5-19(15-22)29(30,31)32)28(34-25)36-13-11-35(12-14-36)21-6-4-8-23(17-21)40-2/h3-10,15-17,26H,11-14,18H2,2H3,(H,38,39). The molecule has 2 aliphatic rings. The molecule has 3 aromatic carbocycles. The molecule has 0 spiro atoms. The summed E-state index contributed by atoms with van der Waals surface area (Å²) in [7, 11) is 1.60. The summed E-state index contributed by atoms with van der Waals surface area (Å²) in [4.78, 5) is 26.0. The predicted molar refractivity (Wildman–Crippen MR) is 145 cm³/mol. The Balaban J connectivity index is 1.56. The van der Waals surface area contributed by atoms with E-state index in [1.807, 2.05) is 29.2 Å². The van der Waals surface area contributed by atoms with E-state index in [1.54, 1.807) is 30.2 Å². The zero-order chi connectivity index (χ0) is 28.4. The lowest BCUT2D eigenvalue weighted by Gasteiger charge is -2.45. The van der Waals surface area contributed by atoms with Crippen LogP contribution >= 0.6 is 0 Å². The van der Waals surface area contributed by atoms with Crippen LogP contribution in [0.1, 0.15) is 23.6 Å². The number of nitrogens with zero attached hydrogens (tertiary/aromatic N) is 5. The van der Waals surface area contributed by atoms with Crippen molar-refractivity contribution in [2.24, 2.45) is 4.99 Å². The number of ether oxygens (including phenoxy) is 1. The molecule has 1 unspecified atom stereocenters. The fraction of sp³-hybridized carbons (Fsp3) is 0.276. The number of aliphatic imine (C=N–C) groups is 1. The molecule has 0 bridgehead atoms. The molecule has 0 aromatic heterocycles. The molecule has 1 N–H and O–H groups in total. The molecule has 40 heavy (non-hydrogen) atoms. The average molecular weight is 550 g/mol. The number of hydrogen-bond acceptors (Lipinski definition) is 6. The molecule has 206 valence electrons. The maximum atomic E-state index is 13.7. The van der Waals surface area contributed by atoms with Crippen LogP contribution < -0.4 is 14.5 Å². The number of fused-ring (bicyclic) bond motifs is 1. The van der Waals surface area contributed by atoms with Gasteiger partial charge in [0.05, 0.1) is 37.4 Å². The number of hydrogen-bond donors (Lipinski definition) is 1. The van der Waals surface area contributed by atoms with Crippen molar-refractivity contribution in [3.8, 4) is 5.75 Å². The van der Waals surface area contributed by atoms with E-state index in [2.05, 4.69) is 9.74 Å². The Hall–Kier alpha value is -4.72. The number of methoxy groups -OCH3 is 1. The van der Waals surface area contributed by atoms with E-state index in [1.165, 1.54) is 12.1 Å². The Morgan fingerprint density at radius 2 is 1.73 bits per heavy atom. The summed E-state index contributed by atoms with van der Waals surface area (Å²) in [5.41, 5.74) is 1.58. The minimum absolute atomic E-state index is 0.175. The third kappa shape index (κ3) is 5.38. The number of anilines is 2. The maximum Gasteiger partial charge on any atom is 0.416 e. The number of carboxylic acid groups (broad SMARTS) is 1. The third-order valence-electron chi connectivity index (χ3n) is 7.05. The van der Waals surface area contributed by atoms with Crippen LogP contribution in [-0.4, -0.2) is 55.2 Å². The zero-order valence-electron chi connectivity index (χ0n) is 21.6. The van der Waals surface area contributed by atoms with E-state index in [4.69, 9.17) is 16.3 Å². The Labute approximate surface area is 229 Å². The first-order valence-electron chi connectivity index (χ1n) is 12.6. The van der Waals surface area contributed by atoms with Gasteiger partial charge in [-0.25, -0.2) is 9.84 Å². The van der Waals surface area contributed by atoms with E-state index in [-0.39, 0.29) is 5.69 Å². The highest BCUT2D eigenvalue weighted by molar-refractivity contribution is 6.01. The summed E-state index contributed by atoms with van der Waals surface area (Å²) in [6.45, 7) is 9.62. The van der Waals surface area contributed by atoms with Gasteiger partial charge >= 0.3 is 12.1 Å². The van der Waals surface area contributed by atoms with Gasteiger partial charge in [0.25, 0.3) is 0 Å². The number of guanidine groups is 1. The summed E-state index contributed by atoms with van der Waals surface area (Å²) in [5.74, 6) is -0.0108. The summed E-state index contributed by atoms with van der Waals surface area (Å²) in [5, 5.41) is 9.83. The van der Waals surface area contributed by atoms with E-state index < -0.39 is 30.2 Å². The molecular formula is C29H26F3N5O3. The summed E-state index contributed by atoms with van der Waals surface area (Å²) >= 11 is 0. The van der Waals surface area contributed by atoms with Crippen molar-refractivity contribution in [2.75, 3.05) is 43.1 Å². The second-order valence-electron chi connectivity index (χ2n) is 9.47. The molecule has 1 saturated heterocycles. The third-order valence-corrected chi connectivity index (χ3v) is 7.05. The topological polar surface area (TPSA) is 73.0 Å². The smallest absolute Gasteiger partial charge is 0.416 e. The van der Waals surface area contributed by atoms with E-state index in [0.29, 0.717) is 49.1 Å². The van der Waals surface area contributed by atoms with Crippen LogP contribution in [0.25, 0.3) is 4.85 Å². The molecular weight excluding hydrogens is 523 g/mol. The van der Waals surface area contributed by atoms with Crippen LogP contribution in [0.2, 0.25) is 0 Å². The van der Waals surface area contributed by atoms with Gasteiger partial charge in [-0.2, -0.15) is 13.2 Å². The fourth-order valence-electron chi connectivity index (χ4n) is 5.11. The van der Waals surface area contributed by atoms with Crippen LogP contribution in [0, 0.1) is 6.57 Å². The van der Waals surface area contributed by atoms with E-state index in [9.17, 15) is 23.1 Å². The molecule has 11 heteroatoms. The average Bonchev–Trinajstić information content (AvgIpc) is 2.96. The van der Waals surface area contributed by atoms with Crippen LogP contribution in [0.15, 0.2) is 71.7 Å². The van der Waals surface area contributed by atoms with E-state index in [0.717, 1.165) is 23.6 Å². The lowest BCUT2D eigenvalue weighted by molar-refractivity contribution is -0.138. The van der Waals surface area contributed by atoms with Gasteiger partial charge in [-0.3, -0.25) is 4.79 Å². The van der Waals surface area contributed by atoms with Crippen molar-refractivity contribution in [2.45, 2.75) is 18.6 Å². The summed E-state index contributed by atoms with van der Waals surface area (Å²) in [6, 6.07) is 16.5. The van der Waals surface area contributed by atoms with Gasteiger partial charge in [0, 0.05) is 43.6 Å². The van der Waals surface area contributed by atoms with Gasteiger partial charge in [0.2, 0.25) is 5.96 Å². The molecule has 5 rings (SSSR count). The fourth-order valence-corrected chi connectivity index (χ4v) is 5.11. The van der Waals surface area contributed by atoms with Gasteiger partial charge in [-0.1, -0.05) is 18.2 Å². The van der Waals surface area contributed by atoms with Gasteiger partial charge in [-0.15, -0.1) is 0 Å². The van der Waals surface area contributed by atoms with Crippen molar-refractivity contribution in [3.05, 3.63) is 89.3 Å². The Bertz CT molecular complexity index is 1490. The highest BCUT2D eigenvalue weighted by Crippen LogP contribution is 2.43. The predicted octanol–water partition coefficient (Wildman–Crippen LogP) is 6.11. The molecule has 0 radical (unpaired) electrons. The Morgan fingerprint density at radius 3 is 2.40 bits per heavy atom. The first-order valence-corrected chi connectivity index (χ1v) is 12.6. The number of halogens is 3. The molecule has 0 aliphatic carbocycles. The molecule has 2 aliphatic heterocycles. The molecule has 2 heterocycles. The number of aliphatic carboxylic acids is 1. The van der Waals surface area contributed by atoms with Gasteiger partial charge in [0.1, 0.15) is 5.75 Å². The maximum absolute atomic E-state index is 13.7. The number of carbonyl (C=O) groups is 1. The number of carboxylic acids is 1. The summed E-state index contributed by atoms with van der Waals surface area (Å²) < 4.78 is 46.4. The second kappa shape index (κ2) is 10.8. The van der Waals surface area contributed by atoms with Crippen LogP contribution in [-0.2, 0) is 11.0 Å². The van der Waals surface area contributed by atoms with Crippen LogP contribution in [0.5, 0.6) is 5.75 Å². The molecule has 0 amide bonds. The number of benzene rings is 3. The lowest BCUT2D eigenvalue weighted by Crippen LogP contribution is -2.55. The van der Waals surface area contributed by atoms with Crippen LogP contribution in [0.4, 0.5) is 35.9 Å². The largest absolute Gasteiger partial charge is 0.497 e. The van der Waals surface area contributed by atoms with Gasteiger partial charge in [-0.05, 0) is 48.0 Å². The highest BCUT2D eigenvalue weighted by Gasteiger charge is 2.38. The summed E-state index contributed by atoms with van der Waals surface area (Å²) in [6.07, 6.45) is -4.98. The van der Waals surface area contributed by atoms with Gasteiger partial charge < -0.3 is 24.5 Å². The van der Waals surface area contributed by atoms with Gasteiger partial charge in [0.15, 0.2) is 5.69 Å². The second-order valence-corrected chi connectivity index (χ2v) is 9.47.